The summed E-state index contributed by atoms with van der Waals surface area (Å²) in [6, 6.07) is 35.3. The predicted octanol–water partition coefficient (Wildman–Crippen LogP) is 10.8. The molecule has 2 aliphatic heterocycles. The molecule has 66 heavy (non-hydrogen) atoms. The molecule has 13 heteroatoms. The number of hydrogen-bond donors (Lipinski definition) is 4. The number of nitrogens with zero attached hydrogens (tertiary/aromatic N) is 4. The standard InChI is InChI=1S/C53H52N8O3S2/c1-32(33-16-17-33)56-47(36-10-4-2-5-11-36)52(63)60-28-8-14-41(60)49-54-30-39(57-49)45-26-24-43(65-45)34-18-20-35(21-19-34)44-25-27-46(66-44)40-31-55-50(58-40)42-15-9-29-61(42)53(64)48(37-12-6-3-7-13-37)59-51(62)38-22-23-38/h2-7,10-13,18-21,24-27,30-31,33,38,41-42,47-48,56H,1,8-9,14-17,22-23,28-29H2,(H,54,57)(H,55,58)(H,59,62)/t41-,42-,47-,48-/m0/s1. The number of likely N-dealkylation sites (tertiary alicyclic amines) is 2. The monoisotopic (exact) mass is 912 g/mol. The highest BCUT2D eigenvalue weighted by molar-refractivity contribution is 7.19. The molecular weight excluding hydrogens is 861 g/mol. The van der Waals surface area contributed by atoms with E-state index < -0.39 is 12.1 Å². The Hall–Kier alpha value is -6.57. The first-order valence-corrected chi connectivity index (χ1v) is 24.9. The molecule has 2 aliphatic carbocycles. The summed E-state index contributed by atoms with van der Waals surface area (Å²) in [7, 11) is 0. The van der Waals surface area contributed by atoms with Gasteiger partial charge in [0.05, 0.1) is 45.6 Å². The molecule has 3 amide bonds. The maximum Gasteiger partial charge on any atom is 0.250 e. The Labute approximate surface area is 392 Å². The second kappa shape index (κ2) is 18.0. The molecule has 2 saturated carbocycles. The van der Waals surface area contributed by atoms with Crippen LogP contribution in [-0.4, -0.2) is 60.5 Å². The van der Waals surface area contributed by atoms with Gasteiger partial charge < -0.3 is 30.4 Å². The average Bonchev–Trinajstić information content (AvgIpc) is 3.83. The van der Waals surface area contributed by atoms with Crippen molar-refractivity contribution in [3.8, 4) is 42.0 Å². The Balaban J connectivity index is 0.745. The second-order valence-corrected chi connectivity index (χ2v) is 20.2. The number of H-pyrrole nitrogens is 2. The number of benzene rings is 3. The Morgan fingerprint density at radius 2 is 1.00 bits per heavy atom. The van der Waals surface area contributed by atoms with Crippen LogP contribution >= 0.6 is 22.7 Å². The van der Waals surface area contributed by atoms with Crippen molar-refractivity contribution in [2.45, 2.75) is 75.5 Å². The van der Waals surface area contributed by atoms with Gasteiger partial charge in [-0.2, -0.15) is 0 Å². The maximum absolute atomic E-state index is 14.3. The highest BCUT2D eigenvalue weighted by Crippen LogP contribution is 2.41. The van der Waals surface area contributed by atoms with E-state index >= 15 is 0 Å². The van der Waals surface area contributed by atoms with E-state index in [4.69, 9.17) is 9.97 Å². The molecule has 7 aromatic rings. The summed E-state index contributed by atoms with van der Waals surface area (Å²) in [5.41, 5.74) is 6.84. The minimum Gasteiger partial charge on any atom is -0.374 e. The van der Waals surface area contributed by atoms with Crippen LogP contribution in [0.25, 0.3) is 42.0 Å². The summed E-state index contributed by atoms with van der Waals surface area (Å²) in [6.45, 7) is 5.59. The highest BCUT2D eigenvalue weighted by atomic mass is 32.1. The topological polar surface area (TPSA) is 139 Å². The first-order chi connectivity index (χ1) is 32.3. The molecule has 0 unspecified atom stereocenters. The molecule has 6 heterocycles. The van der Waals surface area contributed by atoms with Gasteiger partial charge in [0.2, 0.25) is 17.7 Å². The van der Waals surface area contributed by atoms with Crippen LogP contribution in [0, 0.1) is 11.8 Å². The number of carbonyl (C=O) groups is 3. The number of allylic oxidation sites excluding steroid dienone is 1. The lowest BCUT2D eigenvalue weighted by Crippen LogP contribution is -2.43. The first kappa shape index (κ1) is 42.1. The summed E-state index contributed by atoms with van der Waals surface area (Å²) in [5, 5.41) is 6.57. The van der Waals surface area contributed by atoms with Gasteiger partial charge in [-0.3, -0.25) is 14.4 Å². The molecule has 0 radical (unpaired) electrons. The molecule has 11 nitrogen and oxygen atoms in total. The number of hydrogen-bond acceptors (Lipinski definition) is 8. The number of rotatable bonds is 15. The molecule has 3 aromatic carbocycles. The minimum absolute atomic E-state index is 0.00714. The fourth-order valence-corrected chi connectivity index (χ4v) is 11.5. The molecule has 4 atom stereocenters. The summed E-state index contributed by atoms with van der Waals surface area (Å²) >= 11 is 3.42. The Morgan fingerprint density at radius 1 is 0.561 bits per heavy atom. The summed E-state index contributed by atoms with van der Waals surface area (Å²) < 4.78 is 0. The van der Waals surface area contributed by atoms with Crippen LogP contribution in [0.1, 0.15) is 98.3 Å². The zero-order valence-electron chi connectivity index (χ0n) is 36.6. The molecule has 0 spiro atoms. The van der Waals surface area contributed by atoms with E-state index in [1.54, 1.807) is 22.7 Å². The van der Waals surface area contributed by atoms with E-state index in [1.165, 1.54) is 0 Å². The fraction of sp³-hybridized carbons (Fsp3) is 0.302. The van der Waals surface area contributed by atoms with Gasteiger partial charge in [-0.1, -0.05) is 91.5 Å². The van der Waals surface area contributed by atoms with Crippen molar-refractivity contribution in [3.05, 3.63) is 157 Å². The molecule has 4 aliphatic rings. The third-order valence-electron chi connectivity index (χ3n) is 13.5. The van der Waals surface area contributed by atoms with Crippen molar-refractivity contribution in [1.29, 1.82) is 0 Å². The number of aromatic amines is 2. The van der Waals surface area contributed by atoms with E-state index in [-0.39, 0.29) is 35.7 Å². The van der Waals surface area contributed by atoms with E-state index in [0.29, 0.717) is 19.0 Å². The maximum atomic E-state index is 14.3. The van der Waals surface area contributed by atoms with Crippen LogP contribution in [-0.2, 0) is 14.4 Å². The predicted molar refractivity (Wildman–Crippen MR) is 260 cm³/mol. The van der Waals surface area contributed by atoms with E-state index in [1.807, 2.05) is 82.9 Å². The first-order valence-electron chi connectivity index (χ1n) is 23.2. The number of imidazole rings is 2. The lowest BCUT2D eigenvalue weighted by Gasteiger charge is -2.29. The minimum atomic E-state index is -0.722. The van der Waals surface area contributed by atoms with Crippen LogP contribution in [0.3, 0.4) is 0 Å². The largest absolute Gasteiger partial charge is 0.374 e. The van der Waals surface area contributed by atoms with Crippen LogP contribution in [0.4, 0.5) is 0 Å². The quantitative estimate of drug-likeness (QED) is 0.0808. The third-order valence-corrected chi connectivity index (χ3v) is 15.8. The summed E-state index contributed by atoms with van der Waals surface area (Å²) in [5.74, 6) is 1.97. The zero-order valence-corrected chi connectivity index (χ0v) is 38.3. The zero-order chi connectivity index (χ0) is 44.7. The SMILES string of the molecule is C=C(N[C@H](C(=O)N1CCC[C@H]1c1ncc(-c2ccc(-c3ccc(-c4ccc(-c5cnc([C@@H]6CCCN6C(=O)[C@@H](NC(=O)C6CC6)c6ccccc6)[nH]5)s4)cc3)s2)[nH]1)c1ccccc1)C1CC1. The van der Waals surface area contributed by atoms with Gasteiger partial charge in [-0.25, -0.2) is 9.97 Å². The summed E-state index contributed by atoms with van der Waals surface area (Å²) in [6.07, 6.45) is 11.2. The van der Waals surface area contributed by atoms with Gasteiger partial charge >= 0.3 is 0 Å². The average molecular weight is 913 g/mol. The smallest absolute Gasteiger partial charge is 0.250 e. The molecule has 4 N–H and O–H groups in total. The van der Waals surface area contributed by atoms with Crippen LogP contribution in [0.15, 0.2) is 134 Å². The molecule has 2 saturated heterocycles. The summed E-state index contributed by atoms with van der Waals surface area (Å²) in [4.78, 5) is 66.4. The van der Waals surface area contributed by atoms with Gasteiger partial charge in [0, 0.05) is 34.5 Å². The second-order valence-electron chi connectivity index (χ2n) is 18.1. The molecular formula is C53H52N8O3S2. The third kappa shape index (κ3) is 8.65. The Kier molecular flexibility index (Phi) is 11.5. The van der Waals surface area contributed by atoms with E-state index in [0.717, 1.165) is 122 Å². The molecule has 334 valence electrons. The molecule has 4 fully saturated rings. The van der Waals surface area contributed by atoms with Crippen molar-refractivity contribution in [2.24, 2.45) is 11.8 Å². The van der Waals surface area contributed by atoms with Crippen LogP contribution in [0.2, 0.25) is 0 Å². The van der Waals surface area contributed by atoms with Crippen molar-refractivity contribution in [1.82, 2.24) is 40.4 Å². The van der Waals surface area contributed by atoms with Crippen LogP contribution < -0.4 is 10.6 Å². The Morgan fingerprint density at radius 3 is 1.45 bits per heavy atom. The van der Waals surface area contributed by atoms with E-state index in [2.05, 4.69) is 75.7 Å². The number of thiophene rings is 2. The van der Waals surface area contributed by atoms with E-state index in [9.17, 15) is 14.4 Å². The lowest BCUT2D eigenvalue weighted by atomic mass is 10.0. The van der Waals surface area contributed by atoms with Gasteiger partial charge in [0.15, 0.2) is 0 Å². The highest BCUT2D eigenvalue weighted by Gasteiger charge is 2.40. The number of amides is 3. The number of nitrogens with one attached hydrogen (secondary N) is 4. The molecule has 4 aromatic heterocycles. The van der Waals surface area contributed by atoms with Gasteiger partial charge in [-0.15, -0.1) is 22.7 Å². The number of carbonyl (C=O) groups excluding carboxylic acids is 3. The molecule has 0 bridgehead atoms. The molecule has 11 rings (SSSR count). The Bertz CT molecular complexity index is 2680. The van der Waals surface area contributed by atoms with Gasteiger partial charge in [-0.05, 0) is 104 Å². The fourth-order valence-electron chi connectivity index (χ4n) is 9.50. The van der Waals surface area contributed by atoms with Crippen molar-refractivity contribution in [3.63, 3.8) is 0 Å². The number of aromatic nitrogens is 4. The normalized spacial score (nSPS) is 19.2. The lowest BCUT2D eigenvalue weighted by molar-refractivity contribution is -0.138. The van der Waals surface area contributed by atoms with Crippen LogP contribution in [0.5, 0.6) is 0 Å². The van der Waals surface area contributed by atoms with Crippen molar-refractivity contribution >= 4 is 40.4 Å². The van der Waals surface area contributed by atoms with Crippen molar-refractivity contribution in [2.75, 3.05) is 13.1 Å². The van der Waals surface area contributed by atoms with Crippen molar-refractivity contribution < 1.29 is 14.4 Å². The van der Waals surface area contributed by atoms with Gasteiger partial charge in [0.25, 0.3) is 0 Å². The van der Waals surface area contributed by atoms with Gasteiger partial charge in [0.1, 0.15) is 23.7 Å².